The first kappa shape index (κ1) is 15.5. The molecular weight excluding hydrogens is 366 g/mol. The fraction of sp³-hybridized carbons (Fsp3) is 0.222. The smallest absolute Gasteiger partial charge is 0.318 e. The van der Waals surface area contributed by atoms with Crippen LogP contribution in [0.1, 0.15) is 0 Å². The summed E-state index contributed by atoms with van der Waals surface area (Å²) in [7, 11) is -3.95. The monoisotopic (exact) mass is 371 g/mol. The van der Waals surface area contributed by atoms with E-state index in [0.717, 1.165) is 11.3 Å². The van der Waals surface area contributed by atoms with Gasteiger partial charge in [-0.05, 0) is 22.0 Å². The lowest BCUT2D eigenvalue weighted by atomic mass is 10.6. The minimum atomic E-state index is -3.95. The van der Waals surface area contributed by atoms with Gasteiger partial charge >= 0.3 is 5.97 Å². The fourth-order valence-electron chi connectivity index (χ4n) is 1.06. The maximum absolute atomic E-state index is 12.1. The van der Waals surface area contributed by atoms with E-state index in [2.05, 4.69) is 21.9 Å². The molecule has 1 N–H and O–H groups in total. The molecule has 0 radical (unpaired) electrons. The van der Waals surface area contributed by atoms with Crippen LogP contribution in [0.25, 0.3) is 0 Å². The highest BCUT2D eigenvalue weighted by molar-refractivity contribution is 9.11. The summed E-state index contributed by atoms with van der Waals surface area (Å²) in [6.45, 7) is -1.01. The number of sulfonamides is 1. The number of hydrogen-bond acceptors (Lipinski definition) is 4. The standard InChI is InChI=1S/C9H7BrClNO4S2/c1-2-3-12(5-7(13)14)18(15,16)8-4-6(11)9(10)17-8/h1,4H,3,5H2,(H,13,14). The van der Waals surface area contributed by atoms with Gasteiger partial charge in [0.05, 0.1) is 15.4 Å². The number of terminal acetylenes is 1. The van der Waals surface area contributed by atoms with Crippen molar-refractivity contribution in [2.75, 3.05) is 13.1 Å². The average molecular weight is 373 g/mol. The second-order valence-electron chi connectivity index (χ2n) is 3.06. The molecule has 1 aromatic rings. The summed E-state index contributed by atoms with van der Waals surface area (Å²) in [6, 6.07) is 1.25. The zero-order valence-electron chi connectivity index (χ0n) is 8.76. The molecule has 1 rings (SSSR count). The second-order valence-corrected chi connectivity index (χ2v) is 8.00. The maximum atomic E-state index is 12.1. The van der Waals surface area contributed by atoms with E-state index in [9.17, 15) is 13.2 Å². The third kappa shape index (κ3) is 3.46. The summed E-state index contributed by atoms with van der Waals surface area (Å²) in [5.41, 5.74) is 0. The Bertz CT molecular complexity index is 585. The molecule has 1 heterocycles. The van der Waals surface area contributed by atoms with Crippen molar-refractivity contribution in [3.63, 3.8) is 0 Å². The fourth-order valence-corrected chi connectivity index (χ4v) is 4.92. The molecule has 9 heteroatoms. The Morgan fingerprint density at radius 3 is 2.67 bits per heavy atom. The van der Waals surface area contributed by atoms with Crippen molar-refractivity contribution in [3.05, 3.63) is 14.9 Å². The predicted octanol–water partition coefficient (Wildman–Crippen LogP) is 1.87. The van der Waals surface area contributed by atoms with Crippen LogP contribution in [-0.2, 0) is 14.8 Å². The van der Waals surface area contributed by atoms with Gasteiger partial charge in [0.25, 0.3) is 10.0 Å². The number of carboxylic acids is 1. The van der Waals surface area contributed by atoms with Crippen LogP contribution in [0.3, 0.4) is 0 Å². The Morgan fingerprint density at radius 1 is 1.67 bits per heavy atom. The van der Waals surface area contributed by atoms with E-state index >= 15 is 0 Å². The van der Waals surface area contributed by atoms with E-state index in [1.165, 1.54) is 6.07 Å². The molecule has 0 aliphatic heterocycles. The molecule has 98 valence electrons. The lowest BCUT2D eigenvalue weighted by Gasteiger charge is -2.16. The van der Waals surface area contributed by atoms with Crippen LogP contribution in [0.5, 0.6) is 0 Å². The first-order valence-electron chi connectivity index (χ1n) is 4.39. The van der Waals surface area contributed by atoms with Gasteiger partial charge in [0, 0.05) is 0 Å². The number of carboxylic acid groups (broad SMARTS) is 1. The Balaban J connectivity index is 3.17. The summed E-state index contributed by atoms with van der Waals surface area (Å²) >= 11 is 9.74. The quantitative estimate of drug-likeness (QED) is 0.801. The van der Waals surface area contributed by atoms with Crippen LogP contribution in [0.15, 0.2) is 14.1 Å². The molecule has 1 aromatic heterocycles. The molecule has 0 fully saturated rings. The molecule has 5 nitrogen and oxygen atoms in total. The molecule has 0 aromatic carbocycles. The van der Waals surface area contributed by atoms with Gasteiger partial charge in [-0.25, -0.2) is 8.42 Å². The van der Waals surface area contributed by atoms with Gasteiger partial charge in [0.15, 0.2) is 0 Å². The SMILES string of the molecule is C#CCN(CC(=O)O)S(=O)(=O)c1cc(Cl)c(Br)s1. The summed E-state index contributed by atoms with van der Waals surface area (Å²) in [5.74, 6) is 0.832. The predicted molar refractivity (Wildman–Crippen MR) is 72.3 cm³/mol. The van der Waals surface area contributed by atoms with Crippen LogP contribution in [0.2, 0.25) is 5.02 Å². The Labute approximate surface area is 122 Å². The van der Waals surface area contributed by atoms with Crippen molar-refractivity contribution in [2.24, 2.45) is 0 Å². The summed E-state index contributed by atoms with van der Waals surface area (Å²) in [6.07, 6.45) is 5.03. The Kier molecular flexibility index (Phi) is 5.19. The van der Waals surface area contributed by atoms with E-state index in [1.807, 2.05) is 0 Å². The van der Waals surface area contributed by atoms with E-state index in [4.69, 9.17) is 23.1 Å². The van der Waals surface area contributed by atoms with Gasteiger partial charge in [-0.2, -0.15) is 4.31 Å². The summed E-state index contributed by atoms with van der Waals surface area (Å²) < 4.78 is 25.3. The molecule has 0 bridgehead atoms. The van der Waals surface area contributed by atoms with Crippen molar-refractivity contribution >= 4 is 54.9 Å². The largest absolute Gasteiger partial charge is 0.480 e. The van der Waals surface area contributed by atoms with Crippen LogP contribution in [0, 0.1) is 12.3 Å². The van der Waals surface area contributed by atoms with Gasteiger partial charge in [0.2, 0.25) is 0 Å². The number of nitrogens with zero attached hydrogens (tertiary/aromatic N) is 1. The molecule has 0 amide bonds. The van der Waals surface area contributed by atoms with E-state index < -0.39 is 22.5 Å². The van der Waals surface area contributed by atoms with Gasteiger partial charge in [-0.3, -0.25) is 4.79 Å². The van der Waals surface area contributed by atoms with Crippen molar-refractivity contribution in [1.29, 1.82) is 0 Å². The van der Waals surface area contributed by atoms with Crippen molar-refractivity contribution in [1.82, 2.24) is 4.31 Å². The lowest BCUT2D eigenvalue weighted by Crippen LogP contribution is -2.35. The summed E-state index contributed by atoms with van der Waals surface area (Å²) in [4.78, 5) is 10.6. The first-order valence-corrected chi connectivity index (χ1v) is 7.82. The number of hydrogen-bond donors (Lipinski definition) is 1. The third-order valence-electron chi connectivity index (χ3n) is 1.80. The molecule has 0 aliphatic rings. The molecule has 0 saturated heterocycles. The highest BCUT2D eigenvalue weighted by Crippen LogP contribution is 2.35. The zero-order chi connectivity index (χ0) is 13.9. The maximum Gasteiger partial charge on any atom is 0.318 e. The van der Waals surface area contributed by atoms with Crippen LogP contribution in [-0.4, -0.2) is 36.9 Å². The average Bonchev–Trinajstić information content (AvgIpc) is 2.59. The van der Waals surface area contributed by atoms with Crippen LogP contribution >= 0.6 is 38.9 Å². The van der Waals surface area contributed by atoms with Crippen LogP contribution < -0.4 is 0 Å². The topological polar surface area (TPSA) is 74.7 Å². The highest BCUT2D eigenvalue weighted by Gasteiger charge is 2.28. The minimum absolute atomic E-state index is 0.0594. The van der Waals surface area contributed by atoms with Gasteiger partial charge in [-0.1, -0.05) is 17.5 Å². The number of carbonyl (C=O) groups is 1. The van der Waals surface area contributed by atoms with Crippen LogP contribution in [0.4, 0.5) is 0 Å². The van der Waals surface area contributed by atoms with Crippen molar-refractivity contribution in [3.8, 4) is 12.3 Å². The van der Waals surface area contributed by atoms with Crippen molar-refractivity contribution in [2.45, 2.75) is 4.21 Å². The van der Waals surface area contributed by atoms with Gasteiger partial charge < -0.3 is 5.11 Å². The molecule has 0 unspecified atom stereocenters. The highest BCUT2D eigenvalue weighted by atomic mass is 79.9. The third-order valence-corrected chi connectivity index (χ3v) is 6.51. The van der Waals surface area contributed by atoms with E-state index in [-0.39, 0.29) is 15.8 Å². The van der Waals surface area contributed by atoms with Crippen molar-refractivity contribution < 1.29 is 18.3 Å². The van der Waals surface area contributed by atoms with Gasteiger partial charge in [0.1, 0.15) is 10.8 Å². The second kappa shape index (κ2) is 6.04. The lowest BCUT2D eigenvalue weighted by molar-refractivity contribution is -0.137. The zero-order valence-corrected chi connectivity index (χ0v) is 12.7. The first-order chi connectivity index (χ1) is 8.28. The molecule has 0 spiro atoms. The number of aliphatic carboxylic acids is 1. The molecular formula is C9H7BrClNO4S2. The summed E-state index contributed by atoms with van der Waals surface area (Å²) in [5, 5.41) is 8.92. The Morgan fingerprint density at radius 2 is 2.28 bits per heavy atom. The number of halogens is 2. The van der Waals surface area contributed by atoms with E-state index in [0.29, 0.717) is 8.09 Å². The molecule has 0 aliphatic carbocycles. The molecule has 0 saturated carbocycles. The van der Waals surface area contributed by atoms with Gasteiger partial charge in [-0.15, -0.1) is 17.8 Å². The molecule has 18 heavy (non-hydrogen) atoms. The minimum Gasteiger partial charge on any atom is -0.480 e. The number of thiophene rings is 1. The molecule has 0 atom stereocenters. The number of rotatable bonds is 5. The Hall–Kier alpha value is -0.590. The normalized spacial score (nSPS) is 11.4. The van der Waals surface area contributed by atoms with E-state index in [1.54, 1.807) is 0 Å².